The molecule has 1 fully saturated rings. The molecule has 4 heteroatoms. The summed E-state index contributed by atoms with van der Waals surface area (Å²) in [5.41, 5.74) is 0. The van der Waals surface area contributed by atoms with Crippen LogP contribution in [0.15, 0.2) is 0 Å². The Morgan fingerprint density at radius 3 is 2.67 bits per heavy atom. The van der Waals surface area contributed by atoms with Crippen molar-refractivity contribution in [2.75, 3.05) is 46.6 Å². The van der Waals surface area contributed by atoms with E-state index in [-0.39, 0.29) is 0 Å². The Morgan fingerprint density at radius 2 is 2.00 bits per heavy atom. The third-order valence-corrected chi connectivity index (χ3v) is 3.74. The van der Waals surface area contributed by atoms with Gasteiger partial charge in [-0.1, -0.05) is 13.8 Å². The maximum atomic E-state index is 5.52. The largest absolute Gasteiger partial charge is 0.382 e. The maximum Gasteiger partial charge on any atom is 0.0700 e. The maximum absolute atomic E-state index is 5.52. The SMILES string of the molecule is CCC1CN(CCCOCCOC)C(CC)CN1. The molecule has 1 aliphatic rings. The Morgan fingerprint density at radius 1 is 1.17 bits per heavy atom. The number of nitrogens with zero attached hydrogens (tertiary/aromatic N) is 1. The van der Waals surface area contributed by atoms with Gasteiger partial charge in [-0.3, -0.25) is 4.90 Å². The average Bonchev–Trinajstić information content (AvgIpc) is 2.42. The fraction of sp³-hybridized carbons (Fsp3) is 1.00. The molecule has 0 aromatic carbocycles. The van der Waals surface area contributed by atoms with Gasteiger partial charge in [0.15, 0.2) is 0 Å². The first-order chi connectivity index (χ1) is 8.81. The second-order valence-electron chi connectivity index (χ2n) is 5.03. The van der Waals surface area contributed by atoms with Gasteiger partial charge in [-0.25, -0.2) is 0 Å². The minimum Gasteiger partial charge on any atom is -0.382 e. The van der Waals surface area contributed by atoms with Gasteiger partial charge in [0, 0.05) is 45.4 Å². The highest BCUT2D eigenvalue weighted by Crippen LogP contribution is 2.12. The zero-order valence-electron chi connectivity index (χ0n) is 12.3. The Balaban J connectivity index is 2.16. The monoisotopic (exact) mass is 258 g/mol. The molecule has 0 radical (unpaired) electrons. The van der Waals surface area contributed by atoms with Gasteiger partial charge in [0.25, 0.3) is 0 Å². The lowest BCUT2D eigenvalue weighted by atomic mass is 10.1. The summed E-state index contributed by atoms with van der Waals surface area (Å²) in [6.07, 6.45) is 3.57. The summed E-state index contributed by atoms with van der Waals surface area (Å²) in [6, 6.07) is 1.37. The lowest BCUT2D eigenvalue weighted by molar-refractivity contribution is 0.0572. The lowest BCUT2D eigenvalue weighted by Gasteiger charge is -2.40. The predicted molar refractivity (Wildman–Crippen MR) is 75.0 cm³/mol. The topological polar surface area (TPSA) is 33.7 Å². The molecule has 0 aromatic heterocycles. The first-order valence-corrected chi connectivity index (χ1v) is 7.35. The van der Waals surface area contributed by atoms with E-state index in [0.717, 1.165) is 26.1 Å². The van der Waals surface area contributed by atoms with Crippen LogP contribution in [0, 0.1) is 0 Å². The zero-order valence-corrected chi connectivity index (χ0v) is 12.3. The van der Waals surface area contributed by atoms with Crippen LogP contribution in [0.1, 0.15) is 33.1 Å². The second-order valence-corrected chi connectivity index (χ2v) is 5.03. The van der Waals surface area contributed by atoms with Crippen molar-refractivity contribution in [3.63, 3.8) is 0 Å². The van der Waals surface area contributed by atoms with E-state index in [1.807, 2.05) is 0 Å². The first kappa shape index (κ1) is 15.9. The molecule has 0 saturated carbocycles. The average molecular weight is 258 g/mol. The smallest absolute Gasteiger partial charge is 0.0700 e. The Labute approximate surface area is 112 Å². The summed E-state index contributed by atoms with van der Waals surface area (Å²) in [5, 5.41) is 3.63. The summed E-state index contributed by atoms with van der Waals surface area (Å²) in [6.45, 7) is 10.3. The van der Waals surface area contributed by atoms with E-state index in [4.69, 9.17) is 9.47 Å². The second kappa shape index (κ2) is 9.73. The zero-order chi connectivity index (χ0) is 13.2. The van der Waals surface area contributed by atoms with Crippen LogP contribution < -0.4 is 5.32 Å². The van der Waals surface area contributed by atoms with E-state index in [1.165, 1.54) is 19.4 Å². The minimum absolute atomic E-state index is 0.669. The van der Waals surface area contributed by atoms with Crippen LogP contribution in [0.4, 0.5) is 0 Å². The highest BCUT2D eigenvalue weighted by molar-refractivity contribution is 4.84. The molecule has 2 unspecified atom stereocenters. The van der Waals surface area contributed by atoms with Crippen molar-refractivity contribution in [2.24, 2.45) is 0 Å². The normalized spacial score (nSPS) is 25.5. The van der Waals surface area contributed by atoms with Crippen LogP contribution in [0.3, 0.4) is 0 Å². The van der Waals surface area contributed by atoms with Crippen molar-refractivity contribution >= 4 is 0 Å². The predicted octanol–water partition coefficient (Wildman–Crippen LogP) is 1.50. The molecule has 18 heavy (non-hydrogen) atoms. The van der Waals surface area contributed by atoms with Gasteiger partial charge >= 0.3 is 0 Å². The van der Waals surface area contributed by atoms with Crippen molar-refractivity contribution < 1.29 is 9.47 Å². The molecule has 108 valence electrons. The van der Waals surface area contributed by atoms with E-state index < -0.39 is 0 Å². The van der Waals surface area contributed by atoms with Crippen LogP contribution in [-0.4, -0.2) is 63.5 Å². The van der Waals surface area contributed by atoms with Crippen LogP contribution in [0.2, 0.25) is 0 Å². The van der Waals surface area contributed by atoms with Crippen molar-refractivity contribution in [3.05, 3.63) is 0 Å². The fourth-order valence-electron chi connectivity index (χ4n) is 2.49. The quantitative estimate of drug-likeness (QED) is 0.636. The van der Waals surface area contributed by atoms with Crippen LogP contribution in [-0.2, 0) is 9.47 Å². The highest BCUT2D eigenvalue weighted by atomic mass is 16.5. The molecule has 0 aliphatic carbocycles. The van der Waals surface area contributed by atoms with Crippen molar-refractivity contribution in [2.45, 2.75) is 45.2 Å². The Hall–Kier alpha value is -0.160. The van der Waals surface area contributed by atoms with E-state index >= 15 is 0 Å². The van der Waals surface area contributed by atoms with Crippen LogP contribution >= 0.6 is 0 Å². The van der Waals surface area contributed by atoms with Crippen LogP contribution in [0.5, 0.6) is 0 Å². The summed E-state index contributed by atoms with van der Waals surface area (Å²) >= 11 is 0. The molecular formula is C14H30N2O2. The van der Waals surface area contributed by atoms with Gasteiger partial charge in [-0.15, -0.1) is 0 Å². The molecule has 1 rings (SSSR count). The Bertz CT molecular complexity index is 202. The highest BCUT2D eigenvalue weighted by Gasteiger charge is 2.24. The summed E-state index contributed by atoms with van der Waals surface area (Å²) in [4.78, 5) is 2.63. The summed E-state index contributed by atoms with van der Waals surface area (Å²) < 4.78 is 10.5. The van der Waals surface area contributed by atoms with E-state index in [1.54, 1.807) is 7.11 Å². The molecular weight excluding hydrogens is 228 g/mol. The van der Waals surface area contributed by atoms with Crippen molar-refractivity contribution in [1.29, 1.82) is 0 Å². The first-order valence-electron chi connectivity index (χ1n) is 7.35. The molecule has 0 bridgehead atoms. The van der Waals surface area contributed by atoms with Crippen molar-refractivity contribution in [1.82, 2.24) is 10.2 Å². The van der Waals surface area contributed by atoms with Gasteiger partial charge in [0.1, 0.15) is 0 Å². The number of piperazine rings is 1. The number of hydrogen-bond donors (Lipinski definition) is 1. The number of nitrogens with one attached hydrogen (secondary N) is 1. The number of rotatable bonds is 9. The molecule has 1 heterocycles. The van der Waals surface area contributed by atoms with Gasteiger partial charge in [0.05, 0.1) is 13.2 Å². The third-order valence-electron chi connectivity index (χ3n) is 3.74. The molecule has 0 aromatic rings. The molecule has 2 atom stereocenters. The summed E-state index contributed by atoms with van der Waals surface area (Å²) in [7, 11) is 1.71. The molecule has 0 spiro atoms. The number of hydrogen-bond acceptors (Lipinski definition) is 4. The number of methoxy groups -OCH3 is 1. The van der Waals surface area contributed by atoms with Gasteiger partial charge in [-0.05, 0) is 19.3 Å². The third kappa shape index (κ3) is 5.65. The van der Waals surface area contributed by atoms with Gasteiger partial charge in [0.2, 0.25) is 0 Å². The van der Waals surface area contributed by atoms with Crippen LogP contribution in [0.25, 0.3) is 0 Å². The molecule has 1 saturated heterocycles. The van der Waals surface area contributed by atoms with Gasteiger partial charge in [-0.2, -0.15) is 0 Å². The van der Waals surface area contributed by atoms with E-state index in [2.05, 4.69) is 24.1 Å². The lowest BCUT2D eigenvalue weighted by Crippen LogP contribution is -2.56. The summed E-state index contributed by atoms with van der Waals surface area (Å²) in [5.74, 6) is 0. The molecule has 4 nitrogen and oxygen atoms in total. The van der Waals surface area contributed by atoms with Crippen molar-refractivity contribution in [3.8, 4) is 0 Å². The standard InChI is InChI=1S/C14H30N2O2/c1-4-13-12-16(14(5-2)11-15-13)7-6-8-18-10-9-17-3/h13-15H,4-12H2,1-3H3. The molecule has 1 N–H and O–H groups in total. The molecule has 0 amide bonds. The minimum atomic E-state index is 0.669. The van der Waals surface area contributed by atoms with E-state index in [9.17, 15) is 0 Å². The molecule has 1 aliphatic heterocycles. The van der Waals surface area contributed by atoms with Gasteiger partial charge < -0.3 is 14.8 Å². The fourth-order valence-corrected chi connectivity index (χ4v) is 2.49. The number of ether oxygens (including phenoxy) is 2. The Kier molecular flexibility index (Phi) is 8.59. The van der Waals surface area contributed by atoms with E-state index in [0.29, 0.717) is 25.3 Å².